The minimum Gasteiger partial charge on any atom is -0.493 e. The van der Waals surface area contributed by atoms with Gasteiger partial charge in [0, 0.05) is 37.4 Å². The Hall–Kier alpha value is -2.35. The van der Waals surface area contributed by atoms with Gasteiger partial charge in [0.05, 0.1) is 17.3 Å². The number of ether oxygens (including phenoxy) is 1. The molecule has 6 nitrogen and oxygen atoms in total. The lowest BCUT2D eigenvalue weighted by Crippen LogP contribution is -2.46. The average Bonchev–Trinajstić information content (AvgIpc) is 2.78. The lowest BCUT2D eigenvalue weighted by molar-refractivity contribution is 0.0977. The molecule has 1 amide bonds. The molecule has 1 fully saturated rings. The fourth-order valence-electron chi connectivity index (χ4n) is 3.47. The first-order valence-electron chi connectivity index (χ1n) is 11.0. The van der Waals surface area contributed by atoms with Gasteiger partial charge in [0.2, 0.25) is 0 Å². The minimum absolute atomic E-state index is 0.212. The number of piperazine rings is 1. The van der Waals surface area contributed by atoms with Crippen molar-refractivity contribution < 1.29 is 9.53 Å². The van der Waals surface area contributed by atoms with E-state index < -0.39 is 0 Å². The van der Waals surface area contributed by atoms with Crippen LogP contribution in [0.15, 0.2) is 42.5 Å². The fraction of sp³-hybridized carbons (Fsp3) is 0.417. The molecule has 0 aliphatic carbocycles. The Morgan fingerprint density at radius 1 is 1.16 bits per heavy atom. The molecule has 0 radical (unpaired) electrons. The quantitative estimate of drug-likeness (QED) is 0.570. The molecule has 2 aromatic rings. The standard InChI is InChI=1S/C24H31ClN4O2S/c1-4-28-10-12-29(13-11-28)22-9-8-19(15-21(22)25)26-24(32)27-23(30)18-6-5-7-20(14-18)31-16-17(2)3/h5-9,14-15,17H,4,10-13,16H2,1-3H3,(H2,26,27,30,32). The highest BCUT2D eigenvalue weighted by Gasteiger charge is 2.18. The molecule has 2 N–H and O–H groups in total. The largest absolute Gasteiger partial charge is 0.493 e. The number of anilines is 2. The summed E-state index contributed by atoms with van der Waals surface area (Å²) in [4.78, 5) is 17.3. The van der Waals surface area contributed by atoms with Crippen molar-refractivity contribution in [2.75, 3.05) is 49.5 Å². The van der Waals surface area contributed by atoms with Crippen LogP contribution in [0.2, 0.25) is 5.02 Å². The van der Waals surface area contributed by atoms with Gasteiger partial charge in [0.1, 0.15) is 5.75 Å². The molecule has 0 saturated carbocycles. The summed E-state index contributed by atoms with van der Waals surface area (Å²) in [7, 11) is 0. The summed E-state index contributed by atoms with van der Waals surface area (Å²) in [6.45, 7) is 12.0. The smallest absolute Gasteiger partial charge is 0.257 e. The monoisotopic (exact) mass is 474 g/mol. The predicted octanol–water partition coefficient (Wildman–Crippen LogP) is 4.64. The van der Waals surface area contributed by atoms with Gasteiger partial charge in [-0.15, -0.1) is 0 Å². The molecule has 3 rings (SSSR count). The van der Waals surface area contributed by atoms with Crippen molar-refractivity contribution in [1.82, 2.24) is 10.2 Å². The molecule has 0 spiro atoms. The maximum atomic E-state index is 12.6. The molecule has 2 aromatic carbocycles. The van der Waals surface area contributed by atoms with Crippen molar-refractivity contribution in [3.05, 3.63) is 53.1 Å². The summed E-state index contributed by atoms with van der Waals surface area (Å²) < 4.78 is 5.70. The van der Waals surface area contributed by atoms with Crippen LogP contribution in [0.3, 0.4) is 0 Å². The Bertz CT molecular complexity index is 945. The third-order valence-electron chi connectivity index (χ3n) is 5.27. The number of amides is 1. The van der Waals surface area contributed by atoms with E-state index in [0.717, 1.165) is 44.1 Å². The number of likely N-dealkylation sites (N-methyl/N-ethyl adjacent to an activating group) is 1. The molecule has 172 valence electrons. The molecule has 1 aliphatic rings. The third kappa shape index (κ3) is 6.82. The Labute approximate surface area is 200 Å². The maximum Gasteiger partial charge on any atom is 0.257 e. The van der Waals surface area contributed by atoms with E-state index in [0.29, 0.717) is 28.9 Å². The number of nitrogens with zero attached hydrogens (tertiary/aromatic N) is 2. The SMILES string of the molecule is CCN1CCN(c2ccc(NC(=S)NC(=O)c3cccc(OCC(C)C)c3)cc2Cl)CC1. The lowest BCUT2D eigenvalue weighted by atomic mass is 10.2. The van der Waals surface area contributed by atoms with Crippen molar-refractivity contribution in [3.8, 4) is 5.75 Å². The molecule has 32 heavy (non-hydrogen) atoms. The zero-order valence-electron chi connectivity index (χ0n) is 18.9. The predicted molar refractivity (Wildman–Crippen MR) is 136 cm³/mol. The molecular formula is C24H31ClN4O2S. The van der Waals surface area contributed by atoms with Gasteiger partial charge in [-0.05, 0) is 61.1 Å². The summed E-state index contributed by atoms with van der Waals surface area (Å²) >= 11 is 11.9. The molecule has 0 atom stereocenters. The van der Waals surface area contributed by atoms with Crippen molar-refractivity contribution in [3.63, 3.8) is 0 Å². The number of carbonyl (C=O) groups is 1. The number of thiocarbonyl (C=S) groups is 1. The zero-order valence-corrected chi connectivity index (χ0v) is 20.4. The molecule has 1 heterocycles. The van der Waals surface area contributed by atoms with Crippen LogP contribution in [0, 0.1) is 5.92 Å². The van der Waals surface area contributed by atoms with Crippen molar-refractivity contribution in [2.45, 2.75) is 20.8 Å². The van der Waals surface area contributed by atoms with Gasteiger partial charge < -0.3 is 19.9 Å². The number of halogens is 1. The molecular weight excluding hydrogens is 444 g/mol. The van der Waals surface area contributed by atoms with Crippen LogP contribution in [0.5, 0.6) is 5.75 Å². The highest BCUT2D eigenvalue weighted by Crippen LogP contribution is 2.29. The summed E-state index contributed by atoms with van der Waals surface area (Å²) in [5, 5.41) is 6.62. The first-order valence-corrected chi connectivity index (χ1v) is 11.8. The van der Waals surface area contributed by atoms with Crippen LogP contribution in [-0.2, 0) is 0 Å². The fourth-order valence-corrected chi connectivity index (χ4v) is 3.98. The summed E-state index contributed by atoms with van der Waals surface area (Å²) in [6, 6.07) is 12.8. The minimum atomic E-state index is -0.297. The summed E-state index contributed by atoms with van der Waals surface area (Å²) in [5.74, 6) is 0.768. The van der Waals surface area contributed by atoms with E-state index >= 15 is 0 Å². The first-order chi connectivity index (χ1) is 15.4. The highest BCUT2D eigenvalue weighted by molar-refractivity contribution is 7.80. The van der Waals surface area contributed by atoms with E-state index in [4.69, 9.17) is 28.6 Å². The zero-order chi connectivity index (χ0) is 23.1. The molecule has 1 saturated heterocycles. The molecule has 1 aliphatic heterocycles. The van der Waals surface area contributed by atoms with Gasteiger partial charge >= 0.3 is 0 Å². The van der Waals surface area contributed by atoms with E-state index in [1.807, 2.05) is 24.3 Å². The van der Waals surface area contributed by atoms with E-state index in [2.05, 4.69) is 41.2 Å². The van der Waals surface area contributed by atoms with Crippen molar-refractivity contribution >= 4 is 46.2 Å². The van der Waals surface area contributed by atoms with Crippen molar-refractivity contribution in [2.24, 2.45) is 5.92 Å². The van der Waals surface area contributed by atoms with E-state index in [1.165, 1.54) is 0 Å². The number of nitrogens with one attached hydrogen (secondary N) is 2. The Morgan fingerprint density at radius 2 is 1.91 bits per heavy atom. The van der Waals surface area contributed by atoms with Crippen LogP contribution in [0.1, 0.15) is 31.1 Å². The second-order valence-electron chi connectivity index (χ2n) is 8.23. The number of carbonyl (C=O) groups excluding carboxylic acids is 1. The third-order valence-corrected chi connectivity index (χ3v) is 5.78. The Balaban J connectivity index is 1.56. The number of rotatable bonds is 7. The normalized spacial score (nSPS) is 14.3. The van der Waals surface area contributed by atoms with Gasteiger partial charge in [-0.25, -0.2) is 0 Å². The average molecular weight is 475 g/mol. The Morgan fingerprint density at radius 3 is 2.56 bits per heavy atom. The first kappa shape index (κ1) is 24.3. The second kappa shape index (κ2) is 11.5. The van der Waals surface area contributed by atoms with Gasteiger partial charge in [-0.1, -0.05) is 38.4 Å². The van der Waals surface area contributed by atoms with E-state index in [-0.39, 0.29) is 11.0 Å². The molecule has 8 heteroatoms. The highest BCUT2D eigenvalue weighted by atomic mass is 35.5. The summed E-state index contributed by atoms with van der Waals surface area (Å²) in [6.07, 6.45) is 0. The number of benzene rings is 2. The van der Waals surface area contributed by atoms with Crippen LogP contribution in [0.4, 0.5) is 11.4 Å². The maximum absolute atomic E-state index is 12.6. The molecule has 0 aromatic heterocycles. The number of hydrogen-bond donors (Lipinski definition) is 2. The number of hydrogen-bond acceptors (Lipinski definition) is 5. The van der Waals surface area contributed by atoms with Crippen LogP contribution < -0.4 is 20.3 Å². The molecule has 0 bridgehead atoms. The van der Waals surface area contributed by atoms with E-state index in [1.54, 1.807) is 18.2 Å². The van der Waals surface area contributed by atoms with Crippen LogP contribution >= 0.6 is 23.8 Å². The molecule has 0 unspecified atom stereocenters. The van der Waals surface area contributed by atoms with Crippen LogP contribution in [-0.4, -0.2) is 55.3 Å². The Kier molecular flexibility index (Phi) is 8.73. The van der Waals surface area contributed by atoms with Crippen LogP contribution in [0.25, 0.3) is 0 Å². The van der Waals surface area contributed by atoms with Gasteiger partial charge in [-0.2, -0.15) is 0 Å². The van der Waals surface area contributed by atoms with Gasteiger partial charge in [-0.3, -0.25) is 10.1 Å². The summed E-state index contributed by atoms with van der Waals surface area (Å²) in [5.41, 5.74) is 2.22. The van der Waals surface area contributed by atoms with Crippen molar-refractivity contribution in [1.29, 1.82) is 0 Å². The topological polar surface area (TPSA) is 56.8 Å². The van der Waals surface area contributed by atoms with Gasteiger partial charge in [0.15, 0.2) is 5.11 Å². The second-order valence-corrected chi connectivity index (χ2v) is 9.04. The van der Waals surface area contributed by atoms with E-state index in [9.17, 15) is 4.79 Å². The van der Waals surface area contributed by atoms with Gasteiger partial charge in [0.25, 0.3) is 5.91 Å². The lowest BCUT2D eigenvalue weighted by Gasteiger charge is -2.36.